The molecule has 0 amide bonds. The monoisotopic (exact) mass is 273 g/mol. The molecule has 0 saturated carbocycles. The van der Waals surface area contributed by atoms with Crippen LogP contribution in [0.2, 0.25) is 0 Å². The number of rotatable bonds is 8. The first-order valence-corrected chi connectivity index (χ1v) is 6.37. The van der Waals surface area contributed by atoms with Crippen LogP contribution in [0.1, 0.15) is 12.6 Å². The van der Waals surface area contributed by atoms with E-state index in [4.69, 9.17) is 21.1 Å². The van der Waals surface area contributed by atoms with Crippen LogP contribution in [0, 0.1) is 0 Å². The van der Waals surface area contributed by atoms with E-state index in [9.17, 15) is 0 Å². The fourth-order valence-corrected chi connectivity index (χ4v) is 1.81. The van der Waals surface area contributed by atoms with Crippen molar-refractivity contribution in [2.24, 2.45) is 0 Å². The molecule has 5 nitrogen and oxygen atoms in total. The minimum Gasteiger partial charge on any atom is -0.383 e. The highest BCUT2D eigenvalue weighted by atomic mass is 35.5. The van der Waals surface area contributed by atoms with Gasteiger partial charge in [-0.05, 0) is 6.92 Å². The Kier molecular flexibility index (Phi) is 6.93. The number of nitrogens with zero attached hydrogens (tertiary/aromatic N) is 3. The van der Waals surface area contributed by atoms with E-state index in [1.54, 1.807) is 26.6 Å². The molecule has 0 aromatic carbocycles. The van der Waals surface area contributed by atoms with Crippen LogP contribution in [-0.4, -0.2) is 50.0 Å². The Hall–Kier alpha value is -0.910. The fourth-order valence-electron chi connectivity index (χ4n) is 1.68. The summed E-state index contributed by atoms with van der Waals surface area (Å²) >= 11 is 5.78. The summed E-state index contributed by atoms with van der Waals surface area (Å²) in [6.45, 7) is 4.06. The molecule has 1 aromatic rings. The summed E-state index contributed by atoms with van der Waals surface area (Å²) in [6.07, 6.45) is 3.41. The Balaban J connectivity index is 2.85. The van der Waals surface area contributed by atoms with Crippen molar-refractivity contribution >= 4 is 17.4 Å². The summed E-state index contributed by atoms with van der Waals surface area (Å²) in [5.41, 5.74) is 0.765. The highest BCUT2D eigenvalue weighted by Crippen LogP contribution is 2.14. The van der Waals surface area contributed by atoms with Crippen LogP contribution >= 0.6 is 11.6 Å². The molecule has 0 aliphatic carbocycles. The number of ether oxygens (including phenoxy) is 2. The maximum atomic E-state index is 5.78. The second-order valence-electron chi connectivity index (χ2n) is 3.99. The van der Waals surface area contributed by atoms with E-state index in [1.165, 1.54) is 0 Å². The standard InChI is InChI=1S/C12H20ClN3O2/c1-10(9-18-3)16(4-5-17-2)12-8-14-7-11(6-13)15-12/h7-8,10H,4-6,9H2,1-3H3. The first-order chi connectivity index (χ1) is 8.72. The van der Waals surface area contributed by atoms with Gasteiger partial charge in [-0.3, -0.25) is 4.98 Å². The van der Waals surface area contributed by atoms with Gasteiger partial charge in [-0.1, -0.05) is 0 Å². The summed E-state index contributed by atoms with van der Waals surface area (Å²) < 4.78 is 10.3. The van der Waals surface area contributed by atoms with Gasteiger partial charge in [0.2, 0.25) is 0 Å². The summed E-state index contributed by atoms with van der Waals surface area (Å²) in [5, 5.41) is 0. The van der Waals surface area contributed by atoms with Crippen LogP contribution < -0.4 is 4.90 Å². The lowest BCUT2D eigenvalue weighted by molar-refractivity contribution is 0.170. The van der Waals surface area contributed by atoms with Gasteiger partial charge >= 0.3 is 0 Å². The zero-order valence-electron chi connectivity index (χ0n) is 11.1. The second-order valence-corrected chi connectivity index (χ2v) is 4.26. The maximum absolute atomic E-state index is 5.78. The molecule has 0 saturated heterocycles. The fraction of sp³-hybridized carbons (Fsp3) is 0.667. The molecule has 1 heterocycles. The number of hydrogen-bond acceptors (Lipinski definition) is 5. The normalized spacial score (nSPS) is 12.4. The third kappa shape index (κ3) is 4.40. The van der Waals surface area contributed by atoms with Gasteiger partial charge in [-0.2, -0.15) is 0 Å². The Morgan fingerprint density at radius 3 is 2.72 bits per heavy atom. The molecule has 18 heavy (non-hydrogen) atoms. The summed E-state index contributed by atoms with van der Waals surface area (Å²) in [6, 6.07) is 0.199. The van der Waals surface area contributed by atoms with Gasteiger partial charge in [-0.15, -0.1) is 11.6 Å². The molecule has 0 N–H and O–H groups in total. The van der Waals surface area contributed by atoms with E-state index < -0.39 is 0 Å². The van der Waals surface area contributed by atoms with Crippen LogP contribution in [0.5, 0.6) is 0 Å². The van der Waals surface area contributed by atoms with Gasteiger partial charge in [0, 0.05) is 27.0 Å². The lowest BCUT2D eigenvalue weighted by atomic mass is 10.3. The lowest BCUT2D eigenvalue weighted by Crippen LogP contribution is -2.39. The quantitative estimate of drug-likeness (QED) is 0.675. The number of alkyl halides is 1. The van der Waals surface area contributed by atoms with Crippen LogP contribution in [0.25, 0.3) is 0 Å². The molecule has 0 spiro atoms. The average Bonchev–Trinajstić information content (AvgIpc) is 2.40. The highest BCUT2D eigenvalue weighted by molar-refractivity contribution is 6.16. The van der Waals surface area contributed by atoms with E-state index in [1.807, 2.05) is 0 Å². The lowest BCUT2D eigenvalue weighted by Gasteiger charge is -2.29. The molecule has 0 radical (unpaired) electrons. The van der Waals surface area contributed by atoms with Crippen molar-refractivity contribution < 1.29 is 9.47 Å². The molecule has 0 bridgehead atoms. The molecular weight excluding hydrogens is 254 g/mol. The number of aromatic nitrogens is 2. The molecule has 1 rings (SSSR count). The molecule has 102 valence electrons. The Morgan fingerprint density at radius 2 is 2.11 bits per heavy atom. The number of anilines is 1. The van der Waals surface area contributed by atoms with E-state index in [-0.39, 0.29) is 6.04 Å². The zero-order chi connectivity index (χ0) is 13.4. The zero-order valence-corrected chi connectivity index (χ0v) is 11.9. The Morgan fingerprint density at radius 1 is 1.33 bits per heavy atom. The van der Waals surface area contributed by atoms with Crippen molar-refractivity contribution in [2.45, 2.75) is 18.8 Å². The molecule has 1 aromatic heterocycles. The number of halogens is 1. The molecular formula is C12H20ClN3O2. The van der Waals surface area contributed by atoms with Crippen molar-refractivity contribution in [1.29, 1.82) is 0 Å². The Bertz CT molecular complexity index is 352. The number of hydrogen-bond donors (Lipinski definition) is 0. The van der Waals surface area contributed by atoms with Gasteiger partial charge < -0.3 is 14.4 Å². The third-order valence-corrected chi connectivity index (χ3v) is 2.85. The van der Waals surface area contributed by atoms with Gasteiger partial charge in [0.25, 0.3) is 0 Å². The van der Waals surface area contributed by atoms with Gasteiger partial charge in [0.15, 0.2) is 0 Å². The summed E-state index contributed by atoms with van der Waals surface area (Å²) in [5.74, 6) is 1.16. The van der Waals surface area contributed by atoms with E-state index in [0.29, 0.717) is 19.1 Å². The van der Waals surface area contributed by atoms with Crippen molar-refractivity contribution in [3.63, 3.8) is 0 Å². The smallest absolute Gasteiger partial charge is 0.147 e. The molecule has 1 atom stereocenters. The minimum atomic E-state index is 0.199. The molecule has 6 heteroatoms. The van der Waals surface area contributed by atoms with Crippen molar-refractivity contribution in [1.82, 2.24) is 9.97 Å². The average molecular weight is 274 g/mol. The van der Waals surface area contributed by atoms with Gasteiger partial charge in [-0.25, -0.2) is 4.98 Å². The Labute approximate surface area is 113 Å². The number of methoxy groups -OCH3 is 2. The summed E-state index contributed by atoms with van der Waals surface area (Å²) in [7, 11) is 3.37. The van der Waals surface area contributed by atoms with Crippen molar-refractivity contribution in [3.8, 4) is 0 Å². The summed E-state index contributed by atoms with van der Waals surface area (Å²) in [4.78, 5) is 10.7. The molecule has 0 aliphatic rings. The van der Waals surface area contributed by atoms with E-state index in [2.05, 4.69) is 21.8 Å². The first-order valence-electron chi connectivity index (χ1n) is 5.84. The largest absolute Gasteiger partial charge is 0.383 e. The SMILES string of the molecule is COCCN(c1cncc(CCl)n1)C(C)COC. The predicted molar refractivity (Wildman–Crippen MR) is 72.1 cm³/mol. The van der Waals surface area contributed by atoms with Crippen LogP contribution in [0.4, 0.5) is 5.82 Å². The van der Waals surface area contributed by atoms with Crippen molar-refractivity contribution in [2.75, 3.05) is 38.9 Å². The van der Waals surface area contributed by atoms with Gasteiger partial charge in [0.1, 0.15) is 5.82 Å². The predicted octanol–water partition coefficient (Wildman–Crippen LogP) is 1.70. The van der Waals surface area contributed by atoms with Crippen molar-refractivity contribution in [3.05, 3.63) is 18.1 Å². The minimum absolute atomic E-state index is 0.199. The van der Waals surface area contributed by atoms with Crippen LogP contribution in [-0.2, 0) is 15.4 Å². The van der Waals surface area contributed by atoms with E-state index in [0.717, 1.165) is 18.1 Å². The second kappa shape index (κ2) is 8.24. The molecule has 0 fully saturated rings. The molecule has 1 unspecified atom stereocenters. The van der Waals surface area contributed by atoms with Crippen LogP contribution in [0.3, 0.4) is 0 Å². The maximum Gasteiger partial charge on any atom is 0.147 e. The van der Waals surface area contributed by atoms with E-state index >= 15 is 0 Å². The third-order valence-electron chi connectivity index (χ3n) is 2.58. The topological polar surface area (TPSA) is 47.5 Å². The van der Waals surface area contributed by atoms with Crippen LogP contribution in [0.15, 0.2) is 12.4 Å². The highest BCUT2D eigenvalue weighted by Gasteiger charge is 2.16. The van der Waals surface area contributed by atoms with Gasteiger partial charge in [0.05, 0.1) is 37.0 Å². The molecule has 0 aliphatic heterocycles. The first kappa shape index (κ1) is 15.1.